The van der Waals surface area contributed by atoms with Crippen molar-refractivity contribution >= 4 is 17.3 Å². The van der Waals surface area contributed by atoms with Crippen molar-refractivity contribution in [2.75, 3.05) is 24.3 Å². The first-order chi connectivity index (χ1) is 14.4. The fraction of sp³-hybridized carbons (Fsp3) is 0.200. The van der Waals surface area contributed by atoms with E-state index >= 15 is 0 Å². The predicted molar refractivity (Wildman–Crippen MR) is 102 cm³/mol. The van der Waals surface area contributed by atoms with Gasteiger partial charge in [0.1, 0.15) is 5.69 Å². The zero-order valence-corrected chi connectivity index (χ0v) is 16.2. The van der Waals surface area contributed by atoms with E-state index < -0.39 is 29.6 Å². The predicted octanol–water partition coefficient (Wildman–Crippen LogP) is 5.23. The van der Waals surface area contributed by atoms with E-state index in [1.165, 1.54) is 12.1 Å². The molecule has 2 aromatic carbocycles. The number of aromatic nitrogens is 2. The van der Waals surface area contributed by atoms with Crippen molar-refractivity contribution in [3.63, 3.8) is 0 Å². The van der Waals surface area contributed by atoms with Gasteiger partial charge in [0.25, 0.3) is 5.91 Å². The lowest BCUT2D eigenvalue weighted by Crippen LogP contribution is -2.18. The highest BCUT2D eigenvalue weighted by Crippen LogP contribution is 2.36. The number of nitrogens with zero attached hydrogens (tertiary/aromatic N) is 3. The Hall–Kier alpha value is -3.50. The van der Waals surface area contributed by atoms with Crippen LogP contribution in [0.5, 0.6) is 0 Å². The Morgan fingerprint density at radius 3 is 2.10 bits per heavy atom. The van der Waals surface area contributed by atoms with Crippen molar-refractivity contribution in [3.8, 4) is 5.69 Å². The zero-order chi connectivity index (χ0) is 23.0. The third-order valence-corrected chi connectivity index (χ3v) is 4.29. The number of nitrogens with one attached hydrogen (secondary N) is 1. The van der Waals surface area contributed by atoms with Crippen LogP contribution in [0, 0.1) is 0 Å². The smallest absolute Gasteiger partial charge is 0.377 e. The van der Waals surface area contributed by atoms with Crippen molar-refractivity contribution in [1.82, 2.24) is 9.78 Å². The van der Waals surface area contributed by atoms with E-state index in [9.17, 15) is 31.1 Å². The first kappa shape index (κ1) is 22.2. The van der Waals surface area contributed by atoms with Crippen molar-refractivity contribution < 1.29 is 31.1 Å². The summed E-state index contributed by atoms with van der Waals surface area (Å²) in [7, 11) is 3.52. The van der Waals surface area contributed by atoms with Gasteiger partial charge >= 0.3 is 12.4 Å². The molecule has 0 atom stereocenters. The maximum Gasteiger partial charge on any atom is 0.435 e. The van der Waals surface area contributed by atoms with Crippen LogP contribution in [0.25, 0.3) is 5.69 Å². The standard InChI is InChI=1S/C20H16F6N4O/c1-29(2)15-6-4-3-5-14(15)18(31)27-12-7-9-13(10-8-12)30-17(20(24,25)26)11-16(28-30)19(21,22)23/h3-11H,1-2H3,(H,27,31). The van der Waals surface area contributed by atoms with Gasteiger partial charge in [-0.05, 0) is 36.4 Å². The van der Waals surface area contributed by atoms with E-state index in [1.807, 2.05) is 0 Å². The summed E-state index contributed by atoms with van der Waals surface area (Å²) in [6.45, 7) is 0. The molecule has 0 aliphatic heterocycles. The van der Waals surface area contributed by atoms with Gasteiger partial charge in [0.2, 0.25) is 0 Å². The zero-order valence-electron chi connectivity index (χ0n) is 16.2. The van der Waals surface area contributed by atoms with Crippen LogP contribution in [0.1, 0.15) is 21.7 Å². The number of hydrogen-bond donors (Lipinski definition) is 1. The molecule has 0 fully saturated rings. The fourth-order valence-corrected chi connectivity index (χ4v) is 2.86. The van der Waals surface area contributed by atoms with Crippen LogP contribution in [0.15, 0.2) is 54.6 Å². The van der Waals surface area contributed by atoms with Crippen LogP contribution in [-0.2, 0) is 12.4 Å². The summed E-state index contributed by atoms with van der Waals surface area (Å²) >= 11 is 0. The molecule has 5 nitrogen and oxygen atoms in total. The number of amides is 1. The molecule has 164 valence electrons. The molecule has 0 bridgehead atoms. The van der Waals surface area contributed by atoms with Gasteiger partial charge in [-0.2, -0.15) is 31.4 Å². The second-order valence-electron chi connectivity index (χ2n) is 6.73. The summed E-state index contributed by atoms with van der Waals surface area (Å²) < 4.78 is 78.3. The maximum absolute atomic E-state index is 13.2. The lowest BCUT2D eigenvalue weighted by Gasteiger charge is -2.17. The molecule has 0 saturated heterocycles. The van der Waals surface area contributed by atoms with E-state index in [4.69, 9.17) is 0 Å². The third kappa shape index (κ3) is 4.81. The van der Waals surface area contributed by atoms with E-state index in [2.05, 4.69) is 10.4 Å². The number of halogens is 6. The highest BCUT2D eigenvalue weighted by molar-refractivity contribution is 6.08. The van der Waals surface area contributed by atoms with Gasteiger partial charge in [0, 0.05) is 31.5 Å². The summed E-state index contributed by atoms with van der Waals surface area (Å²) in [4.78, 5) is 14.3. The second-order valence-corrected chi connectivity index (χ2v) is 6.73. The second kappa shape index (κ2) is 7.97. The first-order valence-corrected chi connectivity index (χ1v) is 8.80. The quantitative estimate of drug-likeness (QED) is 0.563. The summed E-state index contributed by atoms with van der Waals surface area (Å²) in [6.07, 6.45) is -10.1. The first-order valence-electron chi connectivity index (χ1n) is 8.80. The van der Waals surface area contributed by atoms with Crippen LogP contribution in [0.3, 0.4) is 0 Å². The molecule has 31 heavy (non-hydrogen) atoms. The summed E-state index contributed by atoms with van der Waals surface area (Å²) in [5.74, 6) is -0.452. The Morgan fingerprint density at radius 2 is 1.55 bits per heavy atom. The topological polar surface area (TPSA) is 50.2 Å². The number of carbonyl (C=O) groups excluding carboxylic acids is 1. The number of para-hydroxylation sites is 1. The Labute approximate surface area is 172 Å². The van der Waals surface area contributed by atoms with Crippen molar-refractivity contribution in [2.24, 2.45) is 0 Å². The molecule has 1 heterocycles. The molecule has 3 rings (SSSR count). The number of alkyl halides is 6. The molecule has 0 spiro atoms. The molecule has 11 heteroatoms. The van der Waals surface area contributed by atoms with Gasteiger partial charge in [0.15, 0.2) is 5.69 Å². The van der Waals surface area contributed by atoms with E-state index in [-0.39, 0.29) is 22.1 Å². The molecule has 0 aliphatic carbocycles. The number of benzene rings is 2. The van der Waals surface area contributed by atoms with Gasteiger partial charge in [-0.15, -0.1) is 0 Å². The average Bonchev–Trinajstić information content (AvgIpc) is 3.15. The van der Waals surface area contributed by atoms with Crippen LogP contribution in [0.4, 0.5) is 37.7 Å². The Bertz CT molecular complexity index is 1080. The minimum atomic E-state index is -5.04. The molecule has 0 saturated carbocycles. The Kier molecular flexibility index (Phi) is 5.70. The molecule has 1 N–H and O–H groups in total. The molecule has 0 unspecified atom stereocenters. The number of rotatable bonds is 4. The minimum absolute atomic E-state index is 0.0478. The van der Waals surface area contributed by atoms with Crippen LogP contribution < -0.4 is 10.2 Å². The SMILES string of the molecule is CN(C)c1ccccc1C(=O)Nc1ccc(-n2nc(C(F)(F)F)cc2C(F)(F)F)cc1. The van der Waals surface area contributed by atoms with E-state index in [1.54, 1.807) is 43.3 Å². The minimum Gasteiger partial charge on any atom is -0.377 e. The number of anilines is 2. The van der Waals surface area contributed by atoms with Gasteiger partial charge in [0.05, 0.1) is 11.3 Å². The van der Waals surface area contributed by atoms with E-state index in [0.29, 0.717) is 11.3 Å². The van der Waals surface area contributed by atoms with Crippen molar-refractivity contribution in [1.29, 1.82) is 0 Å². The van der Waals surface area contributed by atoms with Crippen molar-refractivity contribution in [3.05, 3.63) is 71.5 Å². The van der Waals surface area contributed by atoms with E-state index in [0.717, 1.165) is 12.1 Å². The fourth-order valence-electron chi connectivity index (χ4n) is 2.86. The summed E-state index contributed by atoms with van der Waals surface area (Å²) in [5.41, 5.74) is -2.18. The third-order valence-electron chi connectivity index (χ3n) is 4.29. The highest BCUT2D eigenvalue weighted by atomic mass is 19.4. The lowest BCUT2D eigenvalue weighted by molar-refractivity contribution is -0.143. The van der Waals surface area contributed by atoms with Gasteiger partial charge in [-0.25, -0.2) is 4.68 Å². The molecule has 0 aliphatic rings. The lowest BCUT2D eigenvalue weighted by atomic mass is 10.1. The largest absolute Gasteiger partial charge is 0.435 e. The normalized spacial score (nSPS) is 12.0. The van der Waals surface area contributed by atoms with Gasteiger partial charge in [-0.1, -0.05) is 12.1 Å². The van der Waals surface area contributed by atoms with Gasteiger partial charge < -0.3 is 10.2 Å². The molecule has 1 aromatic heterocycles. The van der Waals surface area contributed by atoms with Crippen LogP contribution >= 0.6 is 0 Å². The van der Waals surface area contributed by atoms with Gasteiger partial charge in [-0.3, -0.25) is 4.79 Å². The molecule has 1 amide bonds. The maximum atomic E-state index is 13.2. The monoisotopic (exact) mass is 442 g/mol. The molecular weight excluding hydrogens is 426 g/mol. The summed E-state index contributed by atoms with van der Waals surface area (Å²) in [6, 6.07) is 11.6. The molecule has 3 aromatic rings. The molecule has 0 radical (unpaired) electrons. The summed E-state index contributed by atoms with van der Waals surface area (Å²) in [5, 5.41) is 5.68. The van der Waals surface area contributed by atoms with Crippen LogP contribution in [-0.4, -0.2) is 29.8 Å². The Balaban J connectivity index is 1.89. The van der Waals surface area contributed by atoms with Crippen molar-refractivity contribution in [2.45, 2.75) is 12.4 Å². The number of carbonyl (C=O) groups is 1. The highest BCUT2D eigenvalue weighted by Gasteiger charge is 2.42. The molecular formula is C20H16F6N4O. The average molecular weight is 442 g/mol. The van der Waals surface area contributed by atoms with Crippen LogP contribution in [0.2, 0.25) is 0 Å². The Morgan fingerprint density at radius 1 is 0.935 bits per heavy atom. The number of hydrogen-bond acceptors (Lipinski definition) is 3.